The van der Waals surface area contributed by atoms with Gasteiger partial charge >= 0.3 is 6.09 Å². The number of nitrogens with one attached hydrogen (secondary N) is 2. The third-order valence-electron chi connectivity index (χ3n) is 7.58. The topological polar surface area (TPSA) is 213 Å². The van der Waals surface area contributed by atoms with Crippen LogP contribution in [0.3, 0.4) is 0 Å². The number of fused-ring (bicyclic) bond motifs is 2. The second kappa shape index (κ2) is 17.0. The number of allylic oxidation sites excluding steroid dienone is 4. The lowest BCUT2D eigenvalue weighted by Crippen LogP contribution is -2.39. The van der Waals surface area contributed by atoms with E-state index in [2.05, 4.69) is 10.6 Å². The maximum absolute atomic E-state index is 13.6. The predicted octanol–water partition coefficient (Wildman–Crippen LogP) is 0.671. The number of aliphatic hydroxyl groups is 2. The van der Waals surface area contributed by atoms with Crippen molar-refractivity contribution in [3.8, 4) is 0 Å². The molecule has 1 aliphatic heterocycles. The predicted molar refractivity (Wildman–Crippen MR) is 163 cm³/mol. The van der Waals surface area contributed by atoms with Gasteiger partial charge in [-0.1, -0.05) is 38.2 Å². The molecule has 8 N–H and O–H groups in total. The number of amides is 2. The van der Waals surface area contributed by atoms with Gasteiger partial charge in [0.15, 0.2) is 6.10 Å². The molecule has 0 spiro atoms. The number of nitrogens with two attached hydrogens (primary N) is 2. The molecule has 244 valence electrons. The van der Waals surface area contributed by atoms with Gasteiger partial charge in [-0.05, 0) is 38.2 Å². The van der Waals surface area contributed by atoms with E-state index in [-0.39, 0.29) is 48.0 Å². The van der Waals surface area contributed by atoms with Gasteiger partial charge in [0.2, 0.25) is 11.6 Å². The minimum Gasteiger partial charge on any atom is -0.439 e. The van der Waals surface area contributed by atoms with E-state index in [4.69, 9.17) is 25.7 Å². The van der Waals surface area contributed by atoms with E-state index in [9.17, 15) is 29.4 Å². The fourth-order valence-electron chi connectivity index (χ4n) is 5.08. The van der Waals surface area contributed by atoms with Crippen molar-refractivity contribution in [3.05, 3.63) is 58.5 Å². The molecule has 0 saturated heterocycles. The van der Waals surface area contributed by atoms with E-state index < -0.39 is 60.0 Å². The van der Waals surface area contributed by atoms with Crippen LogP contribution >= 0.6 is 0 Å². The van der Waals surface area contributed by atoms with Gasteiger partial charge in [-0.25, -0.2) is 4.79 Å². The fraction of sp³-hybridized carbons (Fsp3) is 0.548. The zero-order chi connectivity index (χ0) is 33.1. The Balaban J connectivity index is 2.62. The standard InChI is InChI=1S/C31H46N4O9/c1-16-10-21-26(34-15-20(36)14-32)23(37)13-22(28(21)39)35-30(40)17(2)8-7-9-24(42-5)29(44-31(33)41)19(4)12-18(3)27(38)25(11-16)43-6/h7-9,12-13,16,18,20,24-25,27,29,34,36,38H,10-11,14-15,32H2,1-6H3,(H2,33,41)(H,35,40)/b9-7-,17-8-,19-12-/t16-,18+,20?,24+,25+,27-,29+/m1/s1. The van der Waals surface area contributed by atoms with Crippen LogP contribution in [0.5, 0.6) is 0 Å². The zero-order valence-corrected chi connectivity index (χ0v) is 26.2. The van der Waals surface area contributed by atoms with Crippen molar-refractivity contribution in [2.24, 2.45) is 23.3 Å². The highest BCUT2D eigenvalue weighted by molar-refractivity contribution is 6.23. The Morgan fingerprint density at radius 1 is 1.18 bits per heavy atom. The number of ether oxygens (including phenoxy) is 3. The van der Waals surface area contributed by atoms with Crippen molar-refractivity contribution in [3.63, 3.8) is 0 Å². The molecule has 1 unspecified atom stereocenters. The van der Waals surface area contributed by atoms with Gasteiger partial charge in [0.25, 0.3) is 5.91 Å². The Kier molecular flexibility index (Phi) is 14.1. The maximum Gasteiger partial charge on any atom is 0.405 e. The van der Waals surface area contributed by atoms with Crippen LogP contribution in [0.2, 0.25) is 0 Å². The van der Waals surface area contributed by atoms with Crippen LogP contribution in [0.4, 0.5) is 4.79 Å². The lowest BCUT2D eigenvalue weighted by molar-refractivity contribution is -0.120. The van der Waals surface area contributed by atoms with Crippen LogP contribution in [-0.2, 0) is 28.6 Å². The molecule has 1 aliphatic carbocycles. The van der Waals surface area contributed by atoms with Gasteiger partial charge in [0.05, 0.1) is 29.7 Å². The molecule has 0 aromatic rings. The van der Waals surface area contributed by atoms with Crippen LogP contribution in [0.15, 0.2) is 58.5 Å². The summed E-state index contributed by atoms with van der Waals surface area (Å²) in [6.45, 7) is 6.76. The Bertz CT molecular complexity index is 1240. The smallest absolute Gasteiger partial charge is 0.405 e. The first-order chi connectivity index (χ1) is 20.7. The summed E-state index contributed by atoms with van der Waals surface area (Å²) in [6, 6.07) is 0. The summed E-state index contributed by atoms with van der Waals surface area (Å²) in [5.41, 5.74) is 11.6. The van der Waals surface area contributed by atoms with E-state index in [0.29, 0.717) is 12.0 Å². The molecule has 2 amide bonds. The van der Waals surface area contributed by atoms with Gasteiger partial charge in [0.1, 0.15) is 6.10 Å². The van der Waals surface area contributed by atoms with E-state index in [1.807, 2.05) is 6.92 Å². The molecule has 2 bridgehead atoms. The molecule has 13 nitrogen and oxygen atoms in total. The number of aliphatic hydroxyl groups excluding tert-OH is 2. The van der Waals surface area contributed by atoms with Crippen LogP contribution < -0.4 is 22.1 Å². The molecule has 7 atom stereocenters. The number of hydrogen-bond acceptors (Lipinski definition) is 11. The van der Waals surface area contributed by atoms with Gasteiger partial charge in [-0.15, -0.1) is 0 Å². The summed E-state index contributed by atoms with van der Waals surface area (Å²) < 4.78 is 16.5. The molecule has 0 fully saturated rings. The number of Topliss-reactive ketones (excluding diaryl/α,β-unsaturated/α-hetero) is 1. The average Bonchev–Trinajstić information content (AvgIpc) is 2.97. The number of ketones is 2. The summed E-state index contributed by atoms with van der Waals surface area (Å²) in [4.78, 5) is 51.5. The highest BCUT2D eigenvalue weighted by Gasteiger charge is 2.33. The first-order valence-corrected chi connectivity index (χ1v) is 14.4. The first kappa shape index (κ1) is 36.6. The summed E-state index contributed by atoms with van der Waals surface area (Å²) in [5, 5.41) is 26.6. The first-order valence-electron chi connectivity index (χ1n) is 14.4. The lowest BCUT2D eigenvalue weighted by atomic mass is 9.85. The number of rotatable bonds is 7. The minimum absolute atomic E-state index is 0.0148. The van der Waals surface area contributed by atoms with Gasteiger partial charge in [0, 0.05) is 50.4 Å². The minimum atomic E-state index is -1.02. The van der Waals surface area contributed by atoms with E-state index >= 15 is 0 Å². The normalized spacial score (nSPS) is 31.6. The van der Waals surface area contributed by atoms with Crippen molar-refractivity contribution < 1.29 is 43.6 Å². The van der Waals surface area contributed by atoms with Crippen molar-refractivity contribution in [2.75, 3.05) is 27.3 Å². The summed E-state index contributed by atoms with van der Waals surface area (Å²) in [6.07, 6.45) is 2.39. The molecule has 13 heteroatoms. The SMILES string of the molecule is CO[C@H]1/C=C\C=C(\C)C(=O)NC2=CC(=O)C(NCC(O)CN)=C(C[C@@H](C)C[C@H](OC)[C@H](O)[C@@H](C)/C=C(/C)[C@@H]1OC(N)=O)C2=O. The van der Waals surface area contributed by atoms with Gasteiger partial charge in [-0.3, -0.25) is 14.4 Å². The van der Waals surface area contributed by atoms with Crippen molar-refractivity contribution in [1.82, 2.24) is 10.6 Å². The van der Waals surface area contributed by atoms with Crippen LogP contribution in [0.1, 0.15) is 40.5 Å². The van der Waals surface area contributed by atoms with Crippen LogP contribution in [0.25, 0.3) is 0 Å². The zero-order valence-electron chi connectivity index (χ0n) is 26.2. The average molecular weight is 619 g/mol. The Morgan fingerprint density at radius 3 is 2.45 bits per heavy atom. The third-order valence-corrected chi connectivity index (χ3v) is 7.58. The Morgan fingerprint density at radius 2 is 1.86 bits per heavy atom. The van der Waals surface area contributed by atoms with Gasteiger partial charge in [-0.2, -0.15) is 0 Å². The highest BCUT2D eigenvalue weighted by atomic mass is 16.6. The largest absolute Gasteiger partial charge is 0.439 e. The molecule has 1 heterocycles. The molecular formula is C31H46N4O9. The Hall–Kier alpha value is -3.62. The number of carbonyl (C=O) groups is 4. The molecular weight excluding hydrogens is 572 g/mol. The lowest BCUT2D eigenvalue weighted by Gasteiger charge is -2.30. The highest BCUT2D eigenvalue weighted by Crippen LogP contribution is 2.28. The number of primary amides is 1. The van der Waals surface area contributed by atoms with E-state index in [1.54, 1.807) is 26.0 Å². The number of methoxy groups -OCH3 is 2. The monoisotopic (exact) mass is 618 g/mol. The summed E-state index contributed by atoms with van der Waals surface area (Å²) in [7, 11) is 2.88. The number of hydrogen-bond donors (Lipinski definition) is 6. The molecule has 0 saturated carbocycles. The second-order valence-corrected chi connectivity index (χ2v) is 11.2. The second-order valence-electron chi connectivity index (χ2n) is 11.2. The molecule has 0 aromatic heterocycles. The van der Waals surface area contributed by atoms with E-state index in [1.165, 1.54) is 33.3 Å². The third kappa shape index (κ3) is 9.96. The quantitative estimate of drug-likeness (QED) is 0.172. The van der Waals surface area contributed by atoms with Crippen LogP contribution in [0, 0.1) is 11.8 Å². The molecule has 0 radical (unpaired) electrons. The molecule has 44 heavy (non-hydrogen) atoms. The molecule has 2 aliphatic rings. The number of carbonyl (C=O) groups excluding carboxylic acids is 4. The van der Waals surface area contributed by atoms with Crippen LogP contribution in [-0.4, -0.2) is 91.6 Å². The van der Waals surface area contributed by atoms with E-state index in [0.717, 1.165) is 6.08 Å². The summed E-state index contributed by atoms with van der Waals surface area (Å²) >= 11 is 0. The van der Waals surface area contributed by atoms with Crippen molar-refractivity contribution in [1.29, 1.82) is 0 Å². The Labute approximate surface area is 258 Å². The van der Waals surface area contributed by atoms with Crippen molar-refractivity contribution in [2.45, 2.75) is 71.1 Å². The maximum atomic E-state index is 13.6. The van der Waals surface area contributed by atoms with Crippen molar-refractivity contribution >= 4 is 23.6 Å². The molecule has 2 rings (SSSR count). The van der Waals surface area contributed by atoms with Gasteiger partial charge < -0.3 is 46.5 Å². The molecule has 0 aromatic carbocycles. The summed E-state index contributed by atoms with van der Waals surface area (Å²) in [5.74, 6) is -2.46. The fourth-order valence-corrected chi connectivity index (χ4v) is 5.08.